The third-order valence-corrected chi connectivity index (χ3v) is 3.78. The molecule has 0 bridgehead atoms. The first-order valence-electron chi connectivity index (χ1n) is 5.78. The van der Waals surface area contributed by atoms with Crippen LogP contribution in [0.15, 0.2) is 45.9 Å². The number of nitrogens with zero attached hydrogens (tertiary/aromatic N) is 2. The van der Waals surface area contributed by atoms with Crippen molar-refractivity contribution in [3.8, 4) is 0 Å². The van der Waals surface area contributed by atoms with Crippen LogP contribution in [0.4, 0.5) is 0 Å². The van der Waals surface area contributed by atoms with Crippen LogP contribution in [0, 0.1) is 0 Å². The number of benzene rings is 1. The topological polar surface area (TPSA) is 46.9 Å². The molecular weight excluding hydrogens is 374 g/mol. The highest BCUT2D eigenvalue weighted by Gasteiger charge is 2.13. The van der Waals surface area contributed by atoms with Crippen LogP contribution in [0.2, 0.25) is 0 Å². The maximum atomic E-state index is 12.2. The Kier molecular flexibility index (Phi) is 4.76. The maximum Gasteiger partial charge on any atom is 0.252 e. The normalized spacial score (nSPS) is 12.2. The summed E-state index contributed by atoms with van der Waals surface area (Å²) < 4.78 is 3.59. The lowest BCUT2D eigenvalue weighted by molar-refractivity contribution is 0.0936. The smallest absolute Gasteiger partial charge is 0.252 e. The first-order valence-corrected chi connectivity index (χ1v) is 7.36. The van der Waals surface area contributed by atoms with Gasteiger partial charge in [0.05, 0.1) is 11.9 Å². The fourth-order valence-electron chi connectivity index (χ4n) is 1.73. The number of carbonyl (C=O) groups excluding carboxylic acids is 1. The average molecular weight is 387 g/mol. The lowest BCUT2D eigenvalue weighted by Crippen LogP contribution is -2.35. The number of imidazole rings is 1. The van der Waals surface area contributed by atoms with E-state index in [0.29, 0.717) is 12.1 Å². The number of amides is 1. The van der Waals surface area contributed by atoms with Gasteiger partial charge in [-0.1, -0.05) is 15.9 Å². The highest BCUT2D eigenvalue weighted by atomic mass is 79.9. The minimum Gasteiger partial charge on any atom is -0.348 e. The molecule has 0 aliphatic rings. The molecule has 1 aromatic carbocycles. The molecule has 0 aliphatic carbocycles. The second kappa shape index (κ2) is 6.34. The minimum atomic E-state index is -0.0965. The van der Waals surface area contributed by atoms with Gasteiger partial charge in [-0.25, -0.2) is 4.98 Å². The summed E-state index contributed by atoms with van der Waals surface area (Å²) in [7, 11) is 0. The molecule has 0 saturated carbocycles. The zero-order chi connectivity index (χ0) is 13.8. The van der Waals surface area contributed by atoms with Crippen molar-refractivity contribution in [1.29, 1.82) is 0 Å². The predicted octanol–water partition coefficient (Wildman–Crippen LogP) is 3.23. The molecule has 100 valence electrons. The Morgan fingerprint density at radius 2 is 2.26 bits per heavy atom. The van der Waals surface area contributed by atoms with E-state index in [4.69, 9.17) is 0 Å². The van der Waals surface area contributed by atoms with Crippen LogP contribution in [0.25, 0.3) is 0 Å². The number of nitrogens with one attached hydrogen (secondary N) is 1. The Balaban J connectivity index is 2.02. The fourth-order valence-corrected chi connectivity index (χ4v) is 2.52. The number of halogens is 2. The summed E-state index contributed by atoms with van der Waals surface area (Å²) in [5.41, 5.74) is 0.617. The minimum absolute atomic E-state index is 0.0209. The standard InChI is InChI=1S/C13H13Br2N3O/c1-9(7-18-5-4-16-8-18)17-13(19)11-6-10(14)2-3-12(11)15/h2-6,8-9H,7H2,1H3,(H,17,19). The van der Waals surface area contributed by atoms with E-state index >= 15 is 0 Å². The molecule has 1 heterocycles. The SMILES string of the molecule is CC(Cn1ccnc1)NC(=O)c1cc(Br)ccc1Br. The second-order valence-electron chi connectivity index (χ2n) is 4.26. The fraction of sp³-hybridized carbons (Fsp3) is 0.231. The number of hydrogen-bond acceptors (Lipinski definition) is 2. The van der Waals surface area contributed by atoms with Crippen LogP contribution in [-0.4, -0.2) is 21.5 Å². The van der Waals surface area contributed by atoms with Crippen molar-refractivity contribution in [2.75, 3.05) is 0 Å². The molecule has 1 unspecified atom stereocenters. The molecule has 2 rings (SSSR count). The molecule has 0 fully saturated rings. The first kappa shape index (κ1) is 14.3. The Morgan fingerprint density at radius 1 is 1.47 bits per heavy atom. The summed E-state index contributed by atoms with van der Waals surface area (Å²) in [5, 5.41) is 2.96. The van der Waals surface area contributed by atoms with Crippen molar-refractivity contribution in [3.63, 3.8) is 0 Å². The van der Waals surface area contributed by atoms with Crippen LogP contribution in [0.3, 0.4) is 0 Å². The highest BCUT2D eigenvalue weighted by Crippen LogP contribution is 2.21. The second-order valence-corrected chi connectivity index (χ2v) is 6.03. The third-order valence-electron chi connectivity index (χ3n) is 2.59. The summed E-state index contributed by atoms with van der Waals surface area (Å²) in [6.07, 6.45) is 5.33. The van der Waals surface area contributed by atoms with Gasteiger partial charge in [-0.15, -0.1) is 0 Å². The molecular formula is C13H13Br2N3O. The van der Waals surface area contributed by atoms with E-state index in [-0.39, 0.29) is 11.9 Å². The number of carbonyl (C=O) groups is 1. The molecule has 0 saturated heterocycles. The van der Waals surface area contributed by atoms with E-state index in [2.05, 4.69) is 42.2 Å². The molecule has 0 aliphatic heterocycles. The molecule has 1 amide bonds. The van der Waals surface area contributed by atoms with Gasteiger partial charge in [0, 0.05) is 33.9 Å². The lowest BCUT2D eigenvalue weighted by atomic mass is 10.2. The zero-order valence-corrected chi connectivity index (χ0v) is 13.5. The predicted molar refractivity (Wildman–Crippen MR) is 81.0 cm³/mol. The van der Waals surface area contributed by atoms with Crippen LogP contribution < -0.4 is 5.32 Å². The average Bonchev–Trinajstić information content (AvgIpc) is 2.84. The Labute approximate surface area is 128 Å². The van der Waals surface area contributed by atoms with Crippen molar-refractivity contribution in [2.45, 2.75) is 19.5 Å². The van der Waals surface area contributed by atoms with E-state index in [1.165, 1.54) is 0 Å². The molecule has 1 aromatic heterocycles. The molecule has 6 heteroatoms. The third kappa shape index (κ3) is 3.91. The van der Waals surface area contributed by atoms with Gasteiger partial charge in [-0.05, 0) is 41.1 Å². The molecule has 1 atom stereocenters. The lowest BCUT2D eigenvalue weighted by Gasteiger charge is -2.15. The van der Waals surface area contributed by atoms with Gasteiger partial charge in [-0.2, -0.15) is 0 Å². The van der Waals surface area contributed by atoms with E-state index in [1.54, 1.807) is 18.6 Å². The maximum absolute atomic E-state index is 12.2. The Morgan fingerprint density at radius 3 is 2.95 bits per heavy atom. The quantitative estimate of drug-likeness (QED) is 0.876. The van der Waals surface area contributed by atoms with Gasteiger partial charge >= 0.3 is 0 Å². The van der Waals surface area contributed by atoms with Gasteiger partial charge in [0.25, 0.3) is 5.91 Å². The Hall–Kier alpha value is -1.14. The highest BCUT2D eigenvalue weighted by molar-refractivity contribution is 9.11. The molecule has 2 aromatic rings. The summed E-state index contributed by atoms with van der Waals surface area (Å²) in [6.45, 7) is 2.65. The van der Waals surface area contributed by atoms with Crippen LogP contribution in [-0.2, 0) is 6.54 Å². The number of rotatable bonds is 4. The zero-order valence-electron chi connectivity index (χ0n) is 10.3. The van der Waals surface area contributed by atoms with Gasteiger partial charge < -0.3 is 9.88 Å². The first-order chi connectivity index (χ1) is 9.06. The van der Waals surface area contributed by atoms with Crippen LogP contribution in [0.5, 0.6) is 0 Å². The van der Waals surface area contributed by atoms with E-state index in [1.807, 2.05) is 29.8 Å². The van der Waals surface area contributed by atoms with Crippen molar-refractivity contribution in [1.82, 2.24) is 14.9 Å². The van der Waals surface area contributed by atoms with Crippen LogP contribution >= 0.6 is 31.9 Å². The van der Waals surface area contributed by atoms with Gasteiger partial charge in [0.2, 0.25) is 0 Å². The molecule has 0 radical (unpaired) electrons. The van der Waals surface area contributed by atoms with Gasteiger partial charge in [0.15, 0.2) is 0 Å². The molecule has 4 nitrogen and oxygen atoms in total. The van der Waals surface area contributed by atoms with Gasteiger partial charge in [-0.3, -0.25) is 4.79 Å². The van der Waals surface area contributed by atoms with E-state index in [0.717, 1.165) is 8.95 Å². The summed E-state index contributed by atoms with van der Waals surface area (Å²) >= 11 is 6.75. The Bertz CT molecular complexity index is 569. The van der Waals surface area contributed by atoms with Crippen LogP contribution in [0.1, 0.15) is 17.3 Å². The van der Waals surface area contributed by atoms with E-state index in [9.17, 15) is 4.79 Å². The van der Waals surface area contributed by atoms with Crippen molar-refractivity contribution >= 4 is 37.8 Å². The number of aromatic nitrogens is 2. The van der Waals surface area contributed by atoms with Crippen molar-refractivity contribution < 1.29 is 4.79 Å². The summed E-state index contributed by atoms with van der Waals surface area (Å²) in [4.78, 5) is 16.1. The monoisotopic (exact) mass is 385 g/mol. The molecule has 19 heavy (non-hydrogen) atoms. The van der Waals surface area contributed by atoms with Gasteiger partial charge in [0.1, 0.15) is 0 Å². The largest absolute Gasteiger partial charge is 0.348 e. The molecule has 0 spiro atoms. The van der Waals surface area contributed by atoms with E-state index < -0.39 is 0 Å². The summed E-state index contributed by atoms with van der Waals surface area (Å²) in [5.74, 6) is -0.0965. The number of hydrogen-bond donors (Lipinski definition) is 1. The summed E-state index contributed by atoms with van der Waals surface area (Å²) in [6, 6.07) is 5.55. The molecule has 1 N–H and O–H groups in total. The van der Waals surface area contributed by atoms with Crippen molar-refractivity contribution in [3.05, 3.63) is 51.4 Å². The van der Waals surface area contributed by atoms with Crippen molar-refractivity contribution in [2.24, 2.45) is 0 Å².